The Morgan fingerprint density at radius 1 is 1.37 bits per heavy atom. The molecule has 0 aliphatic heterocycles. The van der Waals surface area contributed by atoms with Crippen LogP contribution < -0.4 is 11.5 Å². The average molecular weight is 265 g/mol. The molecule has 5 heteroatoms. The van der Waals surface area contributed by atoms with Crippen LogP contribution in [0.4, 0.5) is 5.69 Å². The van der Waals surface area contributed by atoms with E-state index in [1.807, 2.05) is 29.2 Å². The number of hydrogen-bond donors (Lipinski definition) is 2. The van der Waals surface area contributed by atoms with Crippen molar-refractivity contribution in [1.29, 1.82) is 0 Å². The quantitative estimate of drug-likeness (QED) is 0.515. The lowest BCUT2D eigenvalue weighted by Crippen LogP contribution is -2.35. The van der Waals surface area contributed by atoms with E-state index in [1.165, 1.54) is 0 Å². The van der Waals surface area contributed by atoms with E-state index in [0.717, 1.165) is 24.3 Å². The topological polar surface area (TPSA) is 81.6 Å². The maximum absolute atomic E-state index is 11.1. The third-order valence-corrected chi connectivity index (χ3v) is 2.64. The van der Waals surface area contributed by atoms with Crippen LogP contribution in [0.15, 0.2) is 24.3 Å². The minimum absolute atomic E-state index is 0.226. The minimum atomic E-state index is -0.334. The second-order valence-electron chi connectivity index (χ2n) is 4.53. The molecule has 1 rings (SSSR count). The SMILES string of the molecule is CCCOCCN(CC(N)=O)Cc1cccc(N)c1. The minimum Gasteiger partial charge on any atom is -0.399 e. The summed E-state index contributed by atoms with van der Waals surface area (Å²) in [4.78, 5) is 13.0. The van der Waals surface area contributed by atoms with Crippen molar-refractivity contribution in [1.82, 2.24) is 4.90 Å². The first-order valence-electron chi connectivity index (χ1n) is 6.54. The molecule has 4 N–H and O–H groups in total. The molecular weight excluding hydrogens is 242 g/mol. The molecule has 19 heavy (non-hydrogen) atoms. The molecule has 0 radical (unpaired) electrons. The lowest BCUT2D eigenvalue weighted by Gasteiger charge is -2.20. The molecule has 0 aliphatic carbocycles. The first-order valence-corrected chi connectivity index (χ1v) is 6.54. The number of amides is 1. The Kier molecular flexibility index (Phi) is 6.92. The van der Waals surface area contributed by atoms with E-state index < -0.39 is 0 Å². The fraction of sp³-hybridized carbons (Fsp3) is 0.500. The molecule has 0 aliphatic rings. The van der Waals surface area contributed by atoms with Gasteiger partial charge in [-0.1, -0.05) is 19.1 Å². The largest absolute Gasteiger partial charge is 0.399 e. The molecule has 5 nitrogen and oxygen atoms in total. The molecule has 106 valence electrons. The van der Waals surface area contributed by atoms with Crippen molar-refractivity contribution >= 4 is 11.6 Å². The van der Waals surface area contributed by atoms with E-state index in [2.05, 4.69) is 6.92 Å². The Morgan fingerprint density at radius 2 is 2.16 bits per heavy atom. The van der Waals surface area contributed by atoms with Gasteiger partial charge in [0.05, 0.1) is 13.2 Å². The van der Waals surface area contributed by atoms with E-state index in [0.29, 0.717) is 19.7 Å². The van der Waals surface area contributed by atoms with Crippen LogP contribution in [0.3, 0.4) is 0 Å². The van der Waals surface area contributed by atoms with Crippen molar-refractivity contribution < 1.29 is 9.53 Å². The van der Waals surface area contributed by atoms with Crippen molar-refractivity contribution in [3.8, 4) is 0 Å². The van der Waals surface area contributed by atoms with E-state index >= 15 is 0 Å². The number of hydrogen-bond acceptors (Lipinski definition) is 4. The number of anilines is 1. The van der Waals surface area contributed by atoms with Crippen LogP contribution in [0.5, 0.6) is 0 Å². The summed E-state index contributed by atoms with van der Waals surface area (Å²) in [6, 6.07) is 7.63. The lowest BCUT2D eigenvalue weighted by molar-refractivity contribution is -0.119. The fourth-order valence-corrected chi connectivity index (χ4v) is 1.82. The van der Waals surface area contributed by atoms with Crippen LogP contribution >= 0.6 is 0 Å². The predicted molar refractivity (Wildman–Crippen MR) is 76.4 cm³/mol. The Morgan fingerprint density at radius 3 is 2.79 bits per heavy atom. The summed E-state index contributed by atoms with van der Waals surface area (Å²) in [6.07, 6.45) is 0.991. The van der Waals surface area contributed by atoms with Crippen molar-refractivity contribution in [2.45, 2.75) is 19.9 Å². The van der Waals surface area contributed by atoms with Gasteiger partial charge in [0.2, 0.25) is 5.91 Å². The molecule has 1 aromatic carbocycles. The first kappa shape index (κ1) is 15.5. The molecule has 0 saturated heterocycles. The van der Waals surface area contributed by atoms with Crippen molar-refractivity contribution in [3.63, 3.8) is 0 Å². The van der Waals surface area contributed by atoms with E-state index in [-0.39, 0.29) is 12.5 Å². The maximum atomic E-state index is 11.1. The monoisotopic (exact) mass is 265 g/mol. The standard InChI is InChI=1S/C14H23N3O2/c1-2-7-19-8-6-17(11-14(16)18)10-12-4-3-5-13(15)9-12/h3-5,9H,2,6-8,10-11,15H2,1H3,(H2,16,18). The van der Waals surface area contributed by atoms with Gasteiger partial charge in [0.25, 0.3) is 0 Å². The fourth-order valence-electron chi connectivity index (χ4n) is 1.82. The second-order valence-corrected chi connectivity index (χ2v) is 4.53. The maximum Gasteiger partial charge on any atom is 0.231 e. The number of ether oxygens (including phenoxy) is 1. The van der Waals surface area contributed by atoms with Crippen molar-refractivity contribution in [2.24, 2.45) is 5.73 Å². The molecule has 0 heterocycles. The Bertz CT molecular complexity index is 396. The average Bonchev–Trinajstić information content (AvgIpc) is 2.34. The normalized spacial score (nSPS) is 10.8. The van der Waals surface area contributed by atoms with Gasteiger partial charge in [-0.25, -0.2) is 0 Å². The Hall–Kier alpha value is -1.59. The van der Waals surface area contributed by atoms with Gasteiger partial charge in [-0.3, -0.25) is 9.69 Å². The van der Waals surface area contributed by atoms with Gasteiger partial charge in [0.15, 0.2) is 0 Å². The predicted octanol–water partition coefficient (Wildman–Crippen LogP) is 0.983. The van der Waals surface area contributed by atoms with E-state index in [9.17, 15) is 4.79 Å². The van der Waals surface area contributed by atoms with Crippen molar-refractivity contribution in [2.75, 3.05) is 32.0 Å². The zero-order chi connectivity index (χ0) is 14.1. The number of primary amides is 1. The van der Waals surface area contributed by atoms with Crippen LogP contribution in [-0.4, -0.2) is 37.1 Å². The summed E-state index contributed by atoms with van der Waals surface area (Å²) in [5.41, 5.74) is 12.8. The van der Waals surface area contributed by atoms with Crippen molar-refractivity contribution in [3.05, 3.63) is 29.8 Å². The highest BCUT2D eigenvalue weighted by Gasteiger charge is 2.09. The van der Waals surface area contributed by atoms with Gasteiger partial charge in [0, 0.05) is 25.4 Å². The second kappa shape index (κ2) is 8.50. The number of nitrogen functional groups attached to an aromatic ring is 1. The van der Waals surface area contributed by atoms with E-state index in [1.54, 1.807) is 0 Å². The Balaban J connectivity index is 2.51. The smallest absolute Gasteiger partial charge is 0.231 e. The number of carbonyl (C=O) groups excluding carboxylic acids is 1. The molecule has 0 atom stereocenters. The molecule has 1 aromatic rings. The van der Waals surface area contributed by atoms with Gasteiger partial charge < -0.3 is 16.2 Å². The van der Waals surface area contributed by atoms with Crippen LogP contribution in [-0.2, 0) is 16.1 Å². The lowest BCUT2D eigenvalue weighted by atomic mass is 10.2. The van der Waals surface area contributed by atoms with Crippen LogP contribution in [0.1, 0.15) is 18.9 Å². The zero-order valence-electron chi connectivity index (χ0n) is 11.5. The summed E-state index contributed by atoms with van der Waals surface area (Å²) in [5.74, 6) is -0.334. The molecule has 0 saturated carbocycles. The van der Waals surface area contributed by atoms with Gasteiger partial charge >= 0.3 is 0 Å². The molecule has 0 spiro atoms. The van der Waals surface area contributed by atoms with Gasteiger partial charge in [-0.2, -0.15) is 0 Å². The van der Waals surface area contributed by atoms with Crippen LogP contribution in [0.2, 0.25) is 0 Å². The summed E-state index contributed by atoms with van der Waals surface area (Å²) in [7, 11) is 0. The molecule has 1 amide bonds. The molecule has 0 aromatic heterocycles. The summed E-state index contributed by atoms with van der Waals surface area (Å²) >= 11 is 0. The molecule has 0 bridgehead atoms. The van der Waals surface area contributed by atoms with E-state index in [4.69, 9.17) is 16.2 Å². The number of nitrogens with two attached hydrogens (primary N) is 2. The summed E-state index contributed by atoms with van der Waals surface area (Å²) in [6.45, 7) is 4.95. The molecule has 0 fully saturated rings. The van der Waals surface area contributed by atoms with Gasteiger partial charge in [-0.15, -0.1) is 0 Å². The molecule has 0 unspecified atom stereocenters. The van der Waals surface area contributed by atoms with Gasteiger partial charge in [0.1, 0.15) is 0 Å². The summed E-state index contributed by atoms with van der Waals surface area (Å²) < 4.78 is 5.44. The Labute approximate surface area is 114 Å². The highest BCUT2D eigenvalue weighted by atomic mass is 16.5. The third kappa shape index (κ3) is 6.79. The highest BCUT2D eigenvalue weighted by molar-refractivity contribution is 5.75. The number of benzene rings is 1. The number of carbonyl (C=O) groups is 1. The third-order valence-electron chi connectivity index (χ3n) is 2.64. The summed E-state index contributed by atoms with van der Waals surface area (Å²) in [5, 5.41) is 0. The number of rotatable bonds is 9. The number of nitrogens with zero attached hydrogens (tertiary/aromatic N) is 1. The highest BCUT2D eigenvalue weighted by Crippen LogP contribution is 2.09. The van der Waals surface area contributed by atoms with Crippen LogP contribution in [0.25, 0.3) is 0 Å². The van der Waals surface area contributed by atoms with Gasteiger partial charge in [-0.05, 0) is 24.1 Å². The zero-order valence-corrected chi connectivity index (χ0v) is 11.5. The molecular formula is C14H23N3O2. The first-order chi connectivity index (χ1) is 9.11. The van der Waals surface area contributed by atoms with Crippen LogP contribution in [0, 0.1) is 0 Å².